The molecule has 0 saturated carbocycles. The van der Waals surface area contributed by atoms with E-state index in [1.54, 1.807) is 24.3 Å². The maximum Gasteiger partial charge on any atom is 0.332 e. The van der Waals surface area contributed by atoms with E-state index >= 15 is 0 Å². The van der Waals surface area contributed by atoms with Crippen LogP contribution in [0.5, 0.6) is 0 Å². The number of rotatable bonds is 7. The van der Waals surface area contributed by atoms with E-state index < -0.39 is 11.7 Å². The van der Waals surface area contributed by atoms with E-state index in [-0.39, 0.29) is 24.1 Å². The number of fused-ring (bicyclic) bond motifs is 1. The zero-order valence-corrected chi connectivity index (χ0v) is 17.1. The number of carbonyl (C=O) groups excluding carboxylic acids is 1. The Balaban J connectivity index is 2.21. The molecule has 2 aromatic carbocycles. The first-order chi connectivity index (χ1) is 14.0. The van der Waals surface area contributed by atoms with E-state index in [4.69, 9.17) is 0 Å². The molecular weight excluding hydrogens is 366 g/mol. The predicted molar refractivity (Wildman–Crippen MR) is 115 cm³/mol. The standard InChI is InChI=1S/C23H27N3O3/c1-4-16(3)24-21(27)19(5-2)26-20-14-10-9-13-18(20)22(28)25(23(26)29)15-17-11-7-6-8-12-17/h6-14,16,19H,4-5,15H2,1-3H3,(H,24,27). The van der Waals surface area contributed by atoms with Crippen molar-refractivity contribution >= 4 is 16.8 Å². The predicted octanol–water partition coefficient (Wildman–Crippen LogP) is 3.08. The molecule has 6 nitrogen and oxygen atoms in total. The molecule has 2 atom stereocenters. The minimum absolute atomic E-state index is 0.00809. The number of hydrogen-bond acceptors (Lipinski definition) is 3. The molecule has 0 fully saturated rings. The maximum absolute atomic E-state index is 13.4. The minimum Gasteiger partial charge on any atom is -0.352 e. The zero-order valence-electron chi connectivity index (χ0n) is 17.1. The number of carbonyl (C=O) groups is 1. The number of benzene rings is 2. The van der Waals surface area contributed by atoms with Crippen molar-refractivity contribution in [1.29, 1.82) is 0 Å². The summed E-state index contributed by atoms with van der Waals surface area (Å²) in [6.07, 6.45) is 1.24. The Morgan fingerprint density at radius 2 is 1.62 bits per heavy atom. The van der Waals surface area contributed by atoms with Crippen molar-refractivity contribution in [2.75, 3.05) is 0 Å². The molecule has 0 saturated heterocycles. The Labute approximate surface area is 169 Å². The molecule has 152 valence electrons. The highest BCUT2D eigenvalue weighted by Crippen LogP contribution is 2.17. The molecule has 2 unspecified atom stereocenters. The summed E-state index contributed by atoms with van der Waals surface area (Å²) in [5.41, 5.74) is 0.523. The molecule has 6 heteroatoms. The van der Waals surface area contributed by atoms with Crippen LogP contribution in [0.25, 0.3) is 10.9 Å². The van der Waals surface area contributed by atoms with Crippen molar-refractivity contribution in [1.82, 2.24) is 14.5 Å². The smallest absolute Gasteiger partial charge is 0.332 e. The molecule has 29 heavy (non-hydrogen) atoms. The van der Waals surface area contributed by atoms with Crippen molar-refractivity contribution in [2.24, 2.45) is 0 Å². The largest absolute Gasteiger partial charge is 0.352 e. The van der Waals surface area contributed by atoms with Gasteiger partial charge in [-0.05, 0) is 37.5 Å². The van der Waals surface area contributed by atoms with Crippen LogP contribution < -0.4 is 16.6 Å². The molecule has 1 heterocycles. The summed E-state index contributed by atoms with van der Waals surface area (Å²) in [6.45, 7) is 5.96. The van der Waals surface area contributed by atoms with Crippen LogP contribution >= 0.6 is 0 Å². The molecule has 0 spiro atoms. The Bertz CT molecular complexity index is 1120. The van der Waals surface area contributed by atoms with Gasteiger partial charge in [0.2, 0.25) is 5.91 Å². The van der Waals surface area contributed by atoms with E-state index in [9.17, 15) is 14.4 Å². The second-order valence-corrected chi connectivity index (χ2v) is 7.29. The molecule has 0 aliphatic carbocycles. The van der Waals surface area contributed by atoms with Crippen LogP contribution in [0.4, 0.5) is 0 Å². The molecule has 3 rings (SSSR count). The van der Waals surface area contributed by atoms with Crippen molar-refractivity contribution < 1.29 is 4.79 Å². The fourth-order valence-electron chi connectivity index (χ4n) is 3.46. The van der Waals surface area contributed by atoms with Crippen LogP contribution in [0.2, 0.25) is 0 Å². The van der Waals surface area contributed by atoms with Gasteiger partial charge in [0.1, 0.15) is 6.04 Å². The lowest BCUT2D eigenvalue weighted by Crippen LogP contribution is -2.46. The summed E-state index contributed by atoms with van der Waals surface area (Å²) in [7, 11) is 0. The molecule has 1 aromatic heterocycles. The van der Waals surface area contributed by atoms with E-state index in [2.05, 4.69) is 5.32 Å². The third kappa shape index (κ3) is 4.16. The quantitative estimate of drug-likeness (QED) is 0.670. The lowest BCUT2D eigenvalue weighted by molar-refractivity contribution is -0.125. The van der Waals surface area contributed by atoms with Crippen LogP contribution in [0.1, 0.15) is 45.2 Å². The Kier molecular flexibility index (Phi) is 6.32. The summed E-state index contributed by atoms with van der Waals surface area (Å²) >= 11 is 0. The molecule has 0 aliphatic heterocycles. The van der Waals surface area contributed by atoms with Crippen molar-refractivity contribution in [3.8, 4) is 0 Å². The van der Waals surface area contributed by atoms with Gasteiger partial charge in [-0.3, -0.25) is 18.7 Å². The minimum atomic E-state index is -0.691. The number of nitrogens with zero attached hydrogens (tertiary/aromatic N) is 2. The molecule has 1 amide bonds. The van der Waals surface area contributed by atoms with Gasteiger partial charge in [0, 0.05) is 6.04 Å². The van der Waals surface area contributed by atoms with Gasteiger partial charge in [-0.15, -0.1) is 0 Å². The topological polar surface area (TPSA) is 73.1 Å². The van der Waals surface area contributed by atoms with E-state index in [0.29, 0.717) is 17.3 Å². The Morgan fingerprint density at radius 1 is 0.966 bits per heavy atom. The summed E-state index contributed by atoms with van der Waals surface area (Å²) in [6, 6.07) is 15.7. The van der Waals surface area contributed by atoms with Gasteiger partial charge < -0.3 is 5.32 Å². The Morgan fingerprint density at radius 3 is 2.28 bits per heavy atom. The van der Waals surface area contributed by atoms with Crippen LogP contribution in [0.15, 0.2) is 64.2 Å². The van der Waals surface area contributed by atoms with Crippen molar-refractivity contribution in [3.05, 3.63) is 81.0 Å². The molecule has 0 aliphatic rings. The van der Waals surface area contributed by atoms with Gasteiger partial charge in [0.05, 0.1) is 17.4 Å². The zero-order chi connectivity index (χ0) is 21.0. The van der Waals surface area contributed by atoms with Crippen LogP contribution in [-0.4, -0.2) is 21.1 Å². The third-order valence-electron chi connectivity index (χ3n) is 5.26. The molecule has 1 N–H and O–H groups in total. The SMILES string of the molecule is CCC(C)NC(=O)C(CC)n1c(=O)n(Cc2ccccc2)c(=O)c2ccccc21. The number of hydrogen-bond donors (Lipinski definition) is 1. The number of para-hydroxylation sites is 1. The fraction of sp³-hybridized carbons (Fsp3) is 0.348. The van der Waals surface area contributed by atoms with E-state index in [1.807, 2.05) is 51.1 Å². The number of amides is 1. The fourth-order valence-corrected chi connectivity index (χ4v) is 3.46. The van der Waals surface area contributed by atoms with Gasteiger partial charge >= 0.3 is 5.69 Å². The first-order valence-electron chi connectivity index (χ1n) is 10.1. The number of nitrogens with one attached hydrogen (secondary N) is 1. The molecule has 3 aromatic rings. The Hall–Kier alpha value is -3.15. The lowest BCUT2D eigenvalue weighted by Gasteiger charge is -2.23. The second-order valence-electron chi connectivity index (χ2n) is 7.29. The van der Waals surface area contributed by atoms with Gasteiger partial charge in [-0.1, -0.05) is 56.3 Å². The summed E-state index contributed by atoms with van der Waals surface area (Å²) in [5.74, 6) is -0.209. The average molecular weight is 393 g/mol. The van der Waals surface area contributed by atoms with Crippen molar-refractivity contribution in [3.63, 3.8) is 0 Å². The first-order valence-corrected chi connectivity index (χ1v) is 10.1. The summed E-state index contributed by atoms with van der Waals surface area (Å²) in [4.78, 5) is 39.4. The average Bonchev–Trinajstić information content (AvgIpc) is 2.74. The van der Waals surface area contributed by atoms with E-state index in [0.717, 1.165) is 12.0 Å². The normalized spacial score (nSPS) is 13.2. The highest BCUT2D eigenvalue weighted by molar-refractivity contribution is 5.84. The monoisotopic (exact) mass is 393 g/mol. The third-order valence-corrected chi connectivity index (χ3v) is 5.26. The molecule has 0 bridgehead atoms. The number of aromatic nitrogens is 2. The van der Waals surface area contributed by atoms with Crippen LogP contribution in [-0.2, 0) is 11.3 Å². The highest BCUT2D eigenvalue weighted by Gasteiger charge is 2.25. The van der Waals surface area contributed by atoms with Gasteiger partial charge in [0.25, 0.3) is 5.56 Å². The summed E-state index contributed by atoms with van der Waals surface area (Å²) in [5, 5.41) is 3.40. The lowest BCUT2D eigenvalue weighted by atomic mass is 10.1. The van der Waals surface area contributed by atoms with Crippen LogP contribution in [0, 0.1) is 0 Å². The molecular formula is C23H27N3O3. The van der Waals surface area contributed by atoms with Gasteiger partial charge in [-0.2, -0.15) is 0 Å². The van der Waals surface area contributed by atoms with Gasteiger partial charge in [-0.25, -0.2) is 4.79 Å². The van der Waals surface area contributed by atoms with Crippen LogP contribution in [0.3, 0.4) is 0 Å². The molecule has 0 radical (unpaired) electrons. The van der Waals surface area contributed by atoms with Gasteiger partial charge in [0.15, 0.2) is 0 Å². The first kappa shape index (κ1) is 20.6. The highest BCUT2D eigenvalue weighted by atomic mass is 16.2. The van der Waals surface area contributed by atoms with Crippen molar-refractivity contribution in [2.45, 2.75) is 52.2 Å². The second kappa shape index (κ2) is 8.90. The van der Waals surface area contributed by atoms with E-state index in [1.165, 1.54) is 9.13 Å². The maximum atomic E-state index is 13.4. The summed E-state index contributed by atoms with van der Waals surface area (Å²) < 4.78 is 2.69.